The van der Waals surface area contributed by atoms with Crippen LogP contribution in [-0.2, 0) is 4.79 Å². The molecule has 0 heterocycles. The highest BCUT2D eigenvalue weighted by Gasteiger charge is 2.14. The van der Waals surface area contributed by atoms with E-state index in [1.807, 2.05) is 0 Å². The third kappa shape index (κ3) is 5.45. The van der Waals surface area contributed by atoms with E-state index in [1.54, 1.807) is 0 Å². The molecule has 1 saturated carbocycles. The number of carbonyl (C=O) groups excluding carboxylic acids is 1. The van der Waals surface area contributed by atoms with Crippen molar-refractivity contribution in [1.29, 1.82) is 0 Å². The fourth-order valence-corrected chi connectivity index (χ4v) is 3.58. The highest BCUT2D eigenvalue weighted by molar-refractivity contribution is 6.76. The number of aldehydes is 1. The average Bonchev–Trinajstić information content (AvgIpc) is 2.24. The summed E-state index contributed by atoms with van der Waals surface area (Å²) in [6.07, 6.45) is 11.8. The van der Waals surface area contributed by atoms with Gasteiger partial charge in [0, 0.05) is 8.07 Å². The Morgan fingerprint density at radius 3 is 2.31 bits per heavy atom. The Morgan fingerprint density at radius 2 is 1.81 bits per heavy atom. The van der Waals surface area contributed by atoms with Crippen molar-refractivity contribution in [2.45, 2.75) is 57.8 Å². The van der Waals surface area contributed by atoms with Gasteiger partial charge in [-0.05, 0) is 37.3 Å². The van der Waals surface area contributed by atoms with E-state index in [4.69, 9.17) is 0 Å². The first-order valence-corrected chi connectivity index (χ1v) is 10.1. The van der Waals surface area contributed by atoms with E-state index in [9.17, 15) is 4.79 Å². The third-order valence-electron chi connectivity index (χ3n) is 2.91. The van der Waals surface area contributed by atoms with Gasteiger partial charge in [0.25, 0.3) is 0 Å². The number of hydrogen-bond acceptors (Lipinski definition) is 1. The van der Waals surface area contributed by atoms with E-state index in [0.29, 0.717) is 0 Å². The van der Waals surface area contributed by atoms with E-state index >= 15 is 0 Å². The van der Waals surface area contributed by atoms with Crippen LogP contribution in [0.2, 0.25) is 25.7 Å². The Balaban J connectivity index is 2.61. The molecule has 1 nitrogen and oxygen atoms in total. The molecular weight excluding hydrogens is 212 g/mol. The van der Waals surface area contributed by atoms with Gasteiger partial charge in [0.1, 0.15) is 6.29 Å². The monoisotopic (exact) mass is 236 g/mol. The molecule has 0 bridgehead atoms. The molecule has 0 aromatic heterocycles. The first kappa shape index (κ1) is 13.4. The predicted octanol–water partition coefficient (Wildman–Crippen LogP) is 4.34. The van der Waals surface area contributed by atoms with Crippen LogP contribution in [0.3, 0.4) is 0 Å². The molecule has 90 valence electrons. The second-order valence-electron chi connectivity index (χ2n) is 5.98. The molecule has 1 aliphatic rings. The van der Waals surface area contributed by atoms with Gasteiger partial charge in [0.15, 0.2) is 0 Å². The van der Waals surface area contributed by atoms with Crippen molar-refractivity contribution in [1.82, 2.24) is 0 Å². The Bertz CT molecular complexity index is 286. The first-order chi connectivity index (χ1) is 7.51. The number of carbonyl (C=O) groups is 1. The van der Waals surface area contributed by atoms with E-state index in [2.05, 4.69) is 31.8 Å². The molecule has 1 fully saturated rings. The van der Waals surface area contributed by atoms with Gasteiger partial charge in [-0.2, -0.15) is 0 Å². The Kier molecular flexibility index (Phi) is 5.20. The van der Waals surface area contributed by atoms with Crippen LogP contribution in [0.25, 0.3) is 0 Å². The van der Waals surface area contributed by atoms with Gasteiger partial charge in [0.05, 0.1) is 0 Å². The highest BCUT2D eigenvalue weighted by Crippen LogP contribution is 2.23. The summed E-state index contributed by atoms with van der Waals surface area (Å²) in [6, 6.07) is 1.00. The van der Waals surface area contributed by atoms with Crippen molar-refractivity contribution in [3.63, 3.8) is 0 Å². The second-order valence-corrected chi connectivity index (χ2v) is 11.5. The third-order valence-corrected chi connectivity index (χ3v) is 4.38. The van der Waals surface area contributed by atoms with Crippen molar-refractivity contribution in [2.24, 2.45) is 0 Å². The summed E-state index contributed by atoms with van der Waals surface area (Å²) >= 11 is 0. The molecule has 0 radical (unpaired) electrons. The van der Waals surface area contributed by atoms with E-state index in [-0.39, 0.29) is 0 Å². The minimum Gasteiger partial charge on any atom is -0.298 e. The number of allylic oxidation sites excluding steroid dienone is 4. The molecule has 0 aromatic rings. The van der Waals surface area contributed by atoms with Crippen molar-refractivity contribution in [3.8, 4) is 0 Å². The molecule has 0 saturated heterocycles. The molecule has 0 aliphatic heterocycles. The van der Waals surface area contributed by atoms with Gasteiger partial charge in [-0.3, -0.25) is 4.79 Å². The van der Waals surface area contributed by atoms with Crippen LogP contribution in [0.1, 0.15) is 32.1 Å². The van der Waals surface area contributed by atoms with Gasteiger partial charge in [-0.15, -0.1) is 0 Å². The van der Waals surface area contributed by atoms with Crippen LogP contribution in [0.4, 0.5) is 0 Å². The van der Waals surface area contributed by atoms with Gasteiger partial charge in [-0.1, -0.05) is 43.8 Å². The lowest BCUT2D eigenvalue weighted by Crippen LogP contribution is -2.20. The van der Waals surface area contributed by atoms with E-state index < -0.39 is 8.07 Å². The molecule has 16 heavy (non-hydrogen) atoms. The van der Waals surface area contributed by atoms with Crippen molar-refractivity contribution >= 4 is 14.4 Å². The molecule has 0 atom stereocenters. The summed E-state index contributed by atoms with van der Waals surface area (Å²) in [7, 11) is -1.16. The van der Waals surface area contributed by atoms with Crippen LogP contribution in [-0.4, -0.2) is 14.4 Å². The van der Waals surface area contributed by atoms with Gasteiger partial charge >= 0.3 is 0 Å². The summed E-state index contributed by atoms with van der Waals surface area (Å²) in [6.45, 7) is 6.91. The molecule has 0 aromatic carbocycles. The summed E-state index contributed by atoms with van der Waals surface area (Å²) in [5, 5.41) is 0. The molecule has 0 N–H and O–H groups in total. The normalized spacial score (nSPS) is 18.4. The fraction of sp³-hybridized carbons (Fsp3) is 0.643. The smallest absolute Gasteiger partial charge is 0.145 e. The number of hydrogen-bond donors (Lipinski definition) is 0. The predicted molar refractivity (Wildman–Crippen MR) is 73.5 cm³/mol. The summed E-state index contributed by atoms with van der Waals surface area (Å²) in [5.74, 6) is 0. The maximum Gasteiger partial charge on any atom is 0.145 e. The lowest BCUT2D eigenvalue weighted by molar-refractivity contribution is -0.104. The molecule has 0 amide bonds. The molecule has 0 spiro atoms. The Labute approximate surface area is 101 Å². The van der Waals surface area contributed by atoms with Gasteiger partial charge in [0.2, 0.25) is 0 Å². The van der Waals surface area contributed by atoms with Crippen LogP contribution in [0, 0.1) is 0 Å². The Morgan fingerprint density at radius 1 is 1.19 bits per heavy atom. The topological polar surface area (TPSA) is 17.1 Å². The Hall–Kier alpha value is -0.633. The zero-order chi connectivity index (χ0) is 12.0. The highest BCUT2D eigenvalue weighted by atomic mass is 28.3. The molecule has 1 rings (SSSR count). The molecule has 0 unspecified atom stereocenters. The largest absolute Gasteiger partial charge is 0.298 e. The maximum atomic E-state index is 11.0. The fourth-order valence-electron chi connectivity index (χ4n) is 2.15. The van der Waals surface area contributed by atoms with Crippen LogP contribution >= 0.6 is 0 Å². The number of rotatable bonds is 4. The minimum atomic E-state index is -1.16. The van der Waals surface area contributed by atoms with Crippen LogP contribution in [0.5, 0.6) is 0 Å². The second kappa shape index (κ2) is 6.19. The van der Waals surface area contributed by atoms with Crippen LogP contribution in [0.15, 0.2) is 23.3 Å². The zero-order valence-corrected chi connectivity index (χ0v) is 11.9. The van der Waals surface area contributed by atoms with Crippen molar-refractivity contribution in [2.75, 3.05) is 0 Å². The summed E-state index contributed by atoms with van der Waals surface area (Å²) in [5.41, 5.74) is 2.51. The standard InChI is InChI=1S/C14H24OSi/c1-16(2,3)12-14(11-15)10-9-13-7-5-4-6-8-13/h9-11H,4-8,12H2,1-3H3/b14-10+. The lowest BCUT2D eigenvalue weighted by Gasteiger charge is -2.15. The lowest BCUT2D eigenvalue weighted by atomic mass is 9.94. The first-order valence-electron chi connectivity index (χ1n) is 6.35. The maximum absolute atomic E-state index is 11.0. The van der Waals surface area contributed by atoms with Crippen molar-refractivity contribution in [3.05, 3.63) is 23.3 Å². The summed E-state index contributed by atoms with van der Waals surface area (Å²) < 4.78 is 0. The zero-order valence-electron chi connectivity index (χ0n) is 10.9. The molecular formula is C14H24OSi. The SMILES string of the molecule is C[Si](C)(C)C/C(C=O)=C/C=C1CCCCC1. The van der Waals surface area contributed by atoms with Gasteiger partial charge < -0.3 is 0 Å². The minimum absolute atomic E-state index is 0.984. The van der Waals surface area contributed by atoms with Crippen molar-refractivity contribution < 1.29 is 4.79 Å². The molecule has 2 heteroatoms. The van der Waals surface area contributed by atoms with Crippen LogP contribution < -0.4 is 0 Å². The van der Waals surface area contributed by atoms with E-state index in [1.165, 1.54) is 37.7 Å². The van der Waals surface area contributed by atoms with Gasteiger partial charge in [-0.25, -0.2) is 0 Å². The van der Waals surface area contributed by atoms with E-state index in [0.717, 1.165) is 17.9 Å². The average molecular weight is 236 g/mol. The summed E-state index contributed by atoms with van der Waals surface area (Å²) in [4.78, 5) is 11.0. The quantitative estimate of drug-likeness (QED) is 0.403. The molecule has 1 aliphatic carbocycles.